The number of nitrogens with one attached hydrogen (secondary N) is 1. The van der Waals surface area contributed by atoms with Crippen molar-refractivity contribution >= 4 is 11.6 Å². The Hall–Kier alpha value is -1.51. The van der Waals surface area contributed by atoms with Crippen molar-refractivity contribution in [2.75, 3.05) is 7.11 Å². The lowest BCUT2D eigenvalue weighted by atomic mass is 10.0. The average Bonchev–Trinajstić information content (AvgIpc) is 2.47. The number of hydrogen-bond acceptors (Lipinski definition) is 2. The minimum Gasteiger partial charge on any atom is -0.496 e. The standard InChI is InChI=1S/C17H20ClNO/c1-12(14-7-6-8-15(18)11-14)19-13(2)16-9-4-5-10-17(16)20-3/h4-13,19H,1-3H3/t12-,13?/m1/s1. The predicted octanol–water partition coefficient (Wildman–Crippen LogP) is 4.76. The molecule has 2 rings (SSSR count). The monoisotopic (exact) mass is 289 g/mol. The molecule has 2 aromatic carbocycles. The number of ether oxygens (including phenoxy) is 1. The Balaban J connectivity index is 2.13. The maximum atomic E-state index is 6.04. The second kappa shape index (κ2) is 6.78. The van der Waals surface area contributed by atoms with Gasteiger partial charge in [0.2, 0.25) is 0 Å². The number of halogens is 1. The number of rotatable bonds is 5. The highest BCUT2D eigenvalue weighted by Gasteiger charge is 2.14. The van der Waals surface area contributed by atoms with Gasteiger partial charge in [0.1, 0.15) is 5.75 Å². The summed E-state index contributed by atoms with van der Waals surface area (Å²) in [6.45, 7) is 4.27. The first-order valence-electron chi connectivity index (χ1n) is 6.76. The van der Waals surface area contributed by atoms with Crippen LogP contribution < -0.4 is 10.1 Å². The van der Waals surface area contributed by atoms with Crippen LogP contribution in [0.2, 0.25) is 5.02 Å². The van der Waals surface area contributed by atoms with Gasteiger partial charge in [-0.25, -0.2) is 0 Å². The molecule has 106 valence electrons. The Morgan fingerprint density at radius 1 is 1.00 bits per heavy atom. The topological polar surface area (TPSA) is 21.3 Å². The molecule has 0 heterocycles. The molecule has 0 aliphatic heterocycles. The van der Waals surface area contributed by atoms with Crippen LogP contribution in [0, 0.1) is 0 Å². The van der Waals surface area contributed by atoms with Crippen LogP contribution in [0.1, 0.15) is 37.1 Å². The molecule has 0 aliphatic rings. The van der Waals surface area contributed by atoms with Gasteiger partial charge in [-0.2, -0.15) is 0 Å². The fourth-order valence-electron chi connectivity index (χ4n) is 2.36. The molecule has 0 radical (unpaired) electrons. The van der Waals surface area contributed by atoms with E-state index in [4.69, 9.17) is 16.3 Å². The molecule has 0 aromatic heterocycles. The van der Waals surface area contributed by atoms with Gasteiger partial charge in [-0.15, -0.1) is 0 Å². The highest BCUT2D eigenvalue weighted by atomic mass is 35.5. The molecule has 0 bridgehead atoms. The van der Waals surface area contributed by atoms with Crippen LogP contribution in [0.15, 0.2) is 48.5 Å². The van der Waals surface area contributed by atoms with E-state index in [2.05, 4.69) is 31.3 Å². The molecule has 1 unspecified atom stereocenters. The molecule has 0 amide bonds. The van der Waals surface area contributed by atoms with Crippen LogP contribution in [0.4, 0.5) is 0 Å². The Morgan fingerprint density at radius 2 is 1.75 bits per heavy atom. The van der Waals surface area contributed by atoms with Crippen molar-refractivity contribution in [3.63, 3.8) is 0 Å². The van der Waals surface area contributed by atoms with Crippen molar-refractivity contribution in [1.82, 2.24) is 5.32 Å². The Kier molecular flexibility index (Phi) is 5.05. The van der Waals surface area contributed by atoms with E-state index in [1.807, 2.05) is 36.4 Å². The Bertz CT molecular complexity index is 570. The number of hydrogen-bond donors (Lipinski definition) is 1. The van der Waals surface area contributed by atoms with Gasteiger partial charge in [0, 0.05) is 22.7 Å². The summed E-state index contributed by atoms with van der Waals surface area (Å²) in [5.74, 6) is 0.908. The fraction of sp³-hybridized carbons (Fsp3) is 0.294. The molecule has 0 saturated heterocycles. The average molecular weight is 290 g/mol. The van der Waals surface area contributed by atoms with E-state index in [1.54, 1.807) is 7.11 Å². The number of benzene rings is 2. The van der Waals surface area contributed by atoms with Crippen molar-refractivity contribution in [2.45, 2.75) is 25.9 Å². The van der Waals surface area contributed by atoms with E-state index in [0.717, 1.165) is 16.3 Å². The van der Waals surface area contributed by atoms with Crippen LogP contribution in [-0.2, 0) is 0 Å². The first-order valence-corrected chi connectivity index (χ1v) is 7.14. The third kappa shape index (κ3) is 3.53. The maximum Gasteiger partial charge on any atom is 0.123 e. The molecule has 0 spiro atoms. The van der Waals surface area contributed by atoms with Crippen LogP contribution in [0.3, 0.4) is 0 Å². The first-order chi connectivity index (χ1) is 9.61. The van der Waals surface area contributed by atoms with E-state index in [0.29, 0.717) is 0 Å². The highest BCUT2D eigenvalue weighted by molar-refractivity contribution is 6.30. The Labute approximate surface area is 125 Å². The predicted molar refractivity (Wildman–Crippen MR) is 84.4 cm³/mol. The third-order valence-corrected chi connectivity index (χ3v) is 3.69. The zero-order valence-electron chi connectivity index (χ0n) is 12.1. The van der Waals surface area contributed by atoms with Gasteiger partial charge < -0.3 is 10.1 Å². The van der Waals surface area contributed by atoms with E-state index < -0.39 is 0 Å². The lowest BCUT2D eigenvalue weighted by molar-refractivity contribution is 0.396. The number of methoxy groups -OCH3 is 1. The molecule has 2 nitrogen and oxygen atoms in total. The second-order valence-corrected chi connectivity index (χ2v) is 5.34. The third-order valence-electron chi connectivity index (χ3n) is 3.45. The van der Waals surface area contributed by atoms with Gasteiger partial charge in [0.15, 0.2) is 0 Å². The van der Waals surface area contributed by atoms with Crippen molar-refractivity contribution in [2.24, 2.45) is 0 Å². The van der Waals surface area contributed by atoms with Gasteiger partial charge in [0.05, 0.1) is 7.11 Å². The van der Waals surface area contributed by atoms with Crippen molar-refractivity contribution in [3.05, 3.63) is 64.7 Å². The van der Waals surface area contributed by atoms with Crippen LogP contribution in [-0.4, -0.2) is 7.11 Å². The van der Waals surface area contributed by atoms with Crippen LogP contribution in [0.5, 0.6) is 5.75 Å². The zero-order valence-corrected chi connectivity index (χ0v) is 12.8. The van der Waals surface area contributed by atoms with Gasteiger partial charge in [-0.1, -0.05) is 41.9 Å². The fourth-order valence-corrected chi connectivity index (χ4v) is 2.56. The van der Waals surface area contributed by atoms with Crippen molar-refractivity contribution < 1.29 is 4.74 Å². The molecular weight excluding hydrogens is 270 g/mol. The minimum absolute atomic E-state index is 0.195. The molecule has 0 saturated carbocycles. The van der Waals surface area contributed by atoms with Crippen LogP contribution >= 0.6 is 11.6 Å². The summed E-state index contributed by atoms with van der Waals surface area (Å²) >= 11 is 6.04. The van der Waals surface area contributed by atoms with E-state index in [1.165, 1.54) is 5.56 Å². The first kappa shape index (κ1) is 14.9. The number of para-hydroxylation sites is 1. The molecule has 0 aliphatic carbocycles. The maximum absolute atomic E-state index is 6.04. The van der Waals surface area contributed by atoms with E-state index >= 15 is 0 Å². The molecule has 2 atom stereocenters. The van der Waals surface area contributed by atoms with E-state index in [-0.39, 0.29) is 12.1 Å². The summed E-state index contributed by atoms with van der Waals surface area (Å²) in [5, 5.41) is 4.34. The van der Waals surface area contributed by atoms with Gasteiger partial charge in [-0.3, -0.25) is 0 Å². The summed E-state index contributed by atoms with van der Waals surface area (Å²) in [5.41, 5.74) is 2.34. The quantitative estimate of drug-likeness (QED) is 0.857. The second-order valence-electron chi connectivity index (χ2n) is 4.91. The summed E-state index contributed by atoms with van der Waals surface area (Å²) in [7, 11) is 1.70. The lowest BCUT2D eigenvalue weighted by Gasteiger charge is -2.22. The Morgan fingerprint density at radius 3 is 2.45 bits per heavy atom. The van der Waals surface area contributed by atoms with Gasteiger partial charge in [-0.05, 0) is 37.6 Å². The van der Waals surface area contributed by atoms with Crippen molar-refractivity contribution in [3.8, 4) is 5.75 Å². The molecule has 3 heteroatoms. The normalized spacial score (nSPS) is 13.8. The molecule has 1 N–H and O–H groups in total. The smallest absolute Gasteiger partial charge is 0.123 e. The molecular formula is C17H20ClNO. The summed E-state index contributed by atoms with van der Waals surface area (Å²) in [6, 6.07) is 16.4. The SMILES string of the molecule is COc1ccccc1C(C)N[C@H](C)c1cccc(Cl)c1. The highest BCUT2D eigenvalue weighted by Crippen LogP contribution is 2.27. The molecule has 2 aromatic rings. The van der Waals surface area contributed by atoms with Gasteiger partial charge in [0.25, 0.3) is 0 Å². The minimum atomic E-state index is 0.195. The molecule has 20 heavy (non-hydrogen) atoms. The lowest BCUT2D eigenvalue weighted by Crippen LogP contribution is -2.22. The summed E-state index contributed by atoms with van der Waals surface area (Å²) < 4.78 is 5.41. The van der Waals surface area contributed by atoms with Crippen LogP contribution in [0.25, 0.3) is 0 Å². The van der Waals surface area contributed by atoms with E-state index in [9.17, 15) is 0 Å². The zero-order chi connectivity index (χ0) is 14.5. The van der Waals surface area contributed by atoms with Gasteiger partial charge >= 0.3 is 0 Å². The summed E-state index contributed by atoms with van der Waals surface area (Å²) in [4.78, 5) is 0. The largest absolute Gasteiger partial charge is 0.496 e. The van der Waals surface area contributed by atoms with Crippen molar-refractivity contribution in [1.29, 1.82) is 0 Å². The summed E-state index contributed by atoms with van der Waals surface area (Å²) in [6.07, 6.45) is 0. The molecule has 0 fully saturated rings.